The fourth-order valence-corrected chi connectivity index (χ4v) is 1.81. The Bertz CT molecular complexity index is 419. The van der Waals surface area contributed by atoms with Crippen molar-refractivity contribution >= 4 is 5.97 Å². The highest BCUT2D eigenvalue weighted by Gasteiger charge is 2.18. The Morgan fingerprint density at radius 3 is 3.18 bits per heavy atom. The van der Waals surface area contributed by atoms with Gasteiger partial charge in [-0.05, 0) is 12.1 Å². The molecule has 0 bridgehead atoms. The second-order valence-corrected chi connectivity index (χ2v) is 3.95. The Balaban J connectivity index is 2.25. The molecule has 92 valence electrons. The lowest BCUT2D eigenvalue weighted by Crippen LogP contribution is -2.32. The van der Waals surface area contributed by atoms with Gasteiger partial charge in [-0.25, -0.2) is 4.79 Å². The van der Waals surface area contributed by atoms with Crippen molar-refractivity contribution in [3.05, 3.63) is 29.3 Å². The Labute approximate surface area is 99.3 Å². The molecule has 1 aromatic rings. The number of benzene rings is 1. The van der Waals surface area contributed by atoms with Crippen molar-refractivity contribution in [2.24, 2.45) is 0 Å². The first-order chi connectivity index (χ1) is 8.20. The van der Waals surface area contributed by atoms with Gasteiger partial charge >= 0.3 is 5.97 Å². The smallest absolute Gasteiger partial charge is 0.335 e. The van der Waals surface area contributed by atoms with E-state index in [9.17, 15) is 4.79 Å². The molecule has 0 saturated heterocycles. The summed E-state index contributed by atoms with van der Waals surface area (Å²) in [5, 5.41) is 12.2. The van der Waals surface area contributed by atoms with Crippen LogP contribution in [0.15, 0.2) is 18.2 Å². The van der Waals surface area contributed by atoms with Crippen LogP contribution < -0.4 is 10.1 Å². The van der Waals surface area contributed by atoms with Gasteiger partial charge in [-0.3, -0.25) is 0 Å². The summed E-state index contributed by atoms with van der Waals surface area (Å²) in [6.45, 7) is 1.84. The largest absolute Gasteiger partial charge is 0.486 e. The molecule has 2 rings (SSSR count). The van der Waals surface area contributed by atoms with Crippen LogP contribution in [0.2, 0.25) is 0 Å². The maximum Gasteiger partial charge on any atom is 0.335 e. The van der Waals surface area contributed by atoms with Crippen LogP contribution in [-0.2, 0) is 11.3 Å². The van der Waals surface area contributed by atoms with E-state index in [1.807, 2.05) is 0 Å². The molecule has 1 aliphatic rings. The Morgan fingerprint density at radius 2 is 2.47 bits per heavy atom. The topological polar surface area (TPSA) is 67.8 Å². The second-order valence-electron chi connectivity index (χ2n) is 3.95. The summed E-state index contributed by atoms with van der Waals surface area (Å²) in [6.07, 6.45) is -0.0923. The van der Waals surface area contributed by atoms with Crippen molar-refractivity contribution in [1.82, 2.24) is 5.32 Å². The number of hydrogen-bond acceptors (Lipinski definition) is 4. The molecular weight excluding hydrogens is 222 g/mol. The number of ether oxygens (including phenoxy) is 2. The lowest BCUT2D eigenvalue weighted by molar-refractivity contribution is 0.0693. The van der Waals surface area contributed by atoms with E-state index >= 15 is 0 Å². The minimum absolute atomic E-state index is 0.0923. The third-order valence-electron chi connectivity index (χ3n) is 2.65. The van der Waals surface area contributed by atoms with Crippen LogP contribution in [0.5, 0.6) is 5.75 Å². The van der Waals surface area contributed by atoms with Crippen LogP contribution in [0.4, 0.5) is 0 Å². The Kier molecular flexibility index (Phi) is 3.61. The predicted octanol–water partition coefficient (Wildman–Crippen LogP) is 0.882. The third kappa shape index (κ3) is 2.75. The van der Waals surface area contributed by atoms with Gasteiger partial charge in [-0.2, -0.15) is 0 Å². The molecule has 0 saturated carbocycles. The van der Waals surface area contributed by atoms with Crippen molar-refractivity contribution in [2.75, 3.05) is 20.3 Å². The van der Waals surface area contributed by atoms with Crippen molar-refractivity contribution in [3.8, 4) is 5.75 Å². The molecule has 1 heterocycles. The first-order valence-electron chi connectivity index (χ1n) is 5.43. The molecule has 0 aromatic heterocycles. The number of carbonyl (C=O) groups is 1. The average molecular weight is 237 g/mol. The Hall–Kier alpha value is -1.59. The van der Waals surface area contributed by atoms with E-state index in [1.54, 1.807) is 25.3 Å². The quantitative estimate of drug-likeness (QED) is 0.817. The van der Waals surface area contributed by atoms with Gasteiger partial charge in [0.25, 0.3) is 0 Å². The number of hydrogen-bond donors (Lipinski definition) is 2. The van der Waals surface area contributed by atoms with Gasteiger partial charge in [-0.15, -0.1) is 0 Å². The average Bonchev–Trinajstić information content (AvgIpc) is 2.50. The zero-order valence-corrected chi connectivity index (χ0v) is 9.60. The van der Waals surface area contributed by atoms with Crippen LogP contribution in [0, 0.1) is 0 Å². The lowest BCUT2D eigenvalue weighted by Gasteiger charge is -2.16. The van der Waals surface area contributed by atoms with E-state index in [-0.39, 0.29) is 11.7 Å². The molecule has 2 N–H and O–H groups in total. The molecule has 0 radical (unpaired) electrons. The maximum atomic E-state index is 10.9. The molecule has 17 heavy (non-hydrogen) atoms. The van der Waals surface area contributed by atoms with E-state index in [0.717, 1.165) is 5.56 Å². The molecule has 0 aliphatic carbocycles. The van der Waals surface area contributed by atoms with Crippen LogP contribution in [0.25, 0.3) is 0 Å². The summed E-state index contributed by atoms with van der Waals surface area (Å²) in [5.74, 6) is -0.325. The molecule has 1 aromatic carbocycles. The summed E-state index contributed by atoms with van der Waals surface area (Å²) in [5.41, 5.74) is 1.20. The highest BCUT2D eigenvalue weighted by Crippen LogP contribution is 2.23. The minimum atomic E-state index is -0.947. The summed E-state index contributed by atoms with van der Waals surface area (Å²) in [4.78, 5) is 10.9. The normalized spacial score (nSPS) is 19.0. The molecule has 1 aliphatic heterocycles. The zero-order valence-electron chi connectivity index (χ0n) is 9.60. The van der Waals surface area contributed by atoms with Crippen LogP contribution >= 0.6 is 0 Å². The van der Waals surface area contributed by atoms with E-state index in [4.69, 9.17) is 14.6 Å². The lowest BCUT2D eigenvalue weighted by atomic mass is 10.1. The molecule has 0 unspecified atom stereocenters. The summed E-state index contributed by atoms with van der Waals surface area (Å²) >= 11 is 0. The van der Waals surface area contributed by atoms with Gasteiger partial charge < -0.3 is 19.9 Å². The van der Waals surface area contributed by atoms with E-state index < -0.39 is 5.97 Å². The van der Waals surface area contributed by atoms with Gasteiger partial charge in [0.15, 0.2) is 0 Å². The monoisotopic (exact) mass is 237 g/mol. The Morgan fingerprint density at radius 1 is 1.65 bits per heavy atom. The molecule has 0 spiro atoms. The van der Waals surface area contributed by atoms with Crippen molar-refractivity contribution in [2.45, 2.75) is 12.6 Å². The number of aromatic carboxylic acids is 1. The van der Waals surface area contributed by atoms with Gasteiger partial charge in [0.05, 0.1) is 12.2 Å². The highest BCUT2D eigenvalue weighted by atomic mass is 16.5. The van der Waals surface area contributed by atoms with E-state index in [1.165, 1.54) is 0 Å². The molecule has 5 heteroatoms. The second kappa shape index (κ2) is 5.16. The van der Waals surface area contributed by atoms with Crippen LogP contribution in [-0.4, -0.2) is 37.4 Å². The molecule has 0 fully saturated rings. The first-order valence-corrected chi connectivity index (χ1v) is 5.43. The van der Waals surface area contributed by atoms with Crippen molar-refractivity contribution in [3.63, 3.8) is 0 Å². The number of fused-ring (bicyclic) bond motifs is 1. The first kappa shape index (κ1) is 11.9. The molecule has 5 nitrogen and oxygen atoms in total. The van der Waals surface area contributed by atoms with Crippen LogP contribution in [0.1, 0.15) is 15.9 Å². The number of nitrogens with one attached hydrogen (secondary N) is 1. The number of methoxy groups -OCH3 is 1. The van der Waals surface area contributed by atoms with Gasteiger partial charge in [-0.1, -0.05) is 6.07 Å². The number of carboxylic acid groups (broad SMARTS) is 1. The van der Waals surface area contributed by atoms with Crippen LogP contribution in [0.3, 0.4) is 0 Å². The van der Waals surface area contributed by atoms with Crippen molar-refractivity contribution < 1.29 is 19.4 Å². The summed E-state index contributed by atoms with van der Waals surface area (Å²) < 4.78 is 10.8. The standard InChI is InChI=1S/C12H15NO4/c1-16-7-10-6-13-5-9-3-2-8(12(14)15)4-11(9)17-10/h2-4,10,13H,5-7H2,1H3,(H,14,15)/t10-/m0/s1. The van der Waals surface area contributed by atoms with Crippen molar-refractivity contribution in [1.29, 1.82) is 0 Å². The van der Waals surface area contributed by atoms with Gasteiger partial charge in [0, 0.05) is 25.8 Å². The molecule has 0 amide bonds. The highest BCUT2D eigenvalue weighted by molar-refractivity contribution is 5.88. The fraction of sp³-hybridized carbons (Fsp3) is 0.417. The minimum Gasteiger partial charge on any atom is -0.486 e. The molecule has 1 atom stereocenters. The fourth-order valence-electron chi connectivity index (χ4n) is 1.81. The number of rotatable bonds is 3. The van der Waals surface area contributed by atoms with Gasteiger partial charge in [0.2, 0.25) is 0 Å². The van der Waals surface area contributed by atoms with E-state index in [0.29, 0.717) is 25.4 Å². The summed E-state index contributed by atoms with van der Waals surface area (Å²) in [6, 6.07) is 4.93. The zero-order chi connectivity index (χ0) is 12.3. The molecular formula is C12H15NO4. The number of carboxylic acids is 1. The third-order valence-corrected chi connectivity index (χ3v) is 2.65. The SMILES string of the molecule is COC[C@@H]1CNCc2ccc(C(=O)O)cc2O1. The summed E-state index contributed by atoms with van der Waals surface area (Å²) in [7, 11) is 1.61. The maximum absolute atomic E-state index is 10.9. The van der Waals surface area contributed by atoms with Gasteiger partial charge in [0.1, 0.15) is 11.9 Å². The predicted molar refractivity (Wildman–Crippen MR) is 61.4 cm³/mol. The van der Waals surface area contributed by atoms with E-state index in [2.05, 4.69) is 5.32 Å².